The molecule has 0 radical (unpaired) electrons. The molecule has 1 aliphatic rings. The molecule has 0 spiro atoms. The topological polar surface area (TPSA) is 56.3 Å². The van der Waals surface area contributed by atoms with Gasteiger partial charge in [0.15, 0.2) is 0 Å². The van der Waals surface area contributed by atoms with E-state index in [-0.39, 0.29) is 0 Å². The second kappa shape index (κ2) is 6.54. The van der Waals surface area contributed by atoms with Gasteiger partial charge in [-0.15, -0.1) is 0 Å². The molecular formula is C13H21N3O2. The molecule has 1 atom stereocenters. The van der Waals surface area contributed by atoms with Crippen molar-refractivity contribution in [2.45, 2.75) is 39.2 Å². The van der Waals surface area contributed by atoms with Gasteiger partial charge in [0.1, 0.15) is 12.1 Å². The predicted molar refractivity (Wildman–Crippen MR) is 70.0 cm³/mol. The molecule has 2 heterocycles. The van der Waals surface area contributed by atoms with Crippen LogP contribution in [0, 0.1) is 6.92 Å². The van der Waals surface area contributed by atoms with Crippen LogP contribution in [-0.4, -0.2) is 35.8 Å². The molecule has 1 N–H and O–H groups in total. The molecular weight excluding hydrogens is 230 g/mol. The van der Waals surface area contributed by atoms with Crippen LogP contribution < -0.4 is 10.1 Å². The lowest BCUT2D eigenvalue weighted by Crippen LogP contribution is -2.14. The number of nitrogens with one attached hydrogen (secondary N) is 1. The van der Waals surface area contributed by atoms with E-state index in [1.807, 2.05) is 13.8 Å². The fraction of sp³-hybridized carbons (Fsp3) is 0.692. The van der Waals surface area contributed by atoms with Crippen molar-refractivity contribution in [3.8, 4) is 5.88 Å². The lowest BCUT2D eigenvalue weighted by atomic mass is 10.2. The number of rotatable bonds is 6. The Labute approximate surface area is 108 Å². The maximum Gasteiger partial charge on any atom is 0.221 e. The molecule has 0 bridgehead atoms. The Bertz CT molecular complexity index is 378. The van der Waals surface area contributed by atoms with E-state index in [4.69, 9.17) is 9.47 Å². The van der Waals surface area contributed by atoms with Gasteiger partial charge < -0.3 is 14.8 Å². The Hall–Kier alpha value is -1.36. The van der Waals surface area contributed by atoms with E-state index < -0.39 is 0 Å². The quantitative estimate of drug-likeness (QED) is 0.839. The zero-order valence-corrected chi connectivity index (χ0v) is 11.1. The van der Waals surface area contributed by atoms with Gasteiger partial charge in [-0.25, -0.2) is 9.97 Å². The Morgan fingerprint density at radius 1 is 1.50 bits per heavy atom. The van der Waals surface area contributed by atoms with Crippen LogP contribution in [0.1, 0.15) is 31.7 Å². The van der Waals surface area contributed by atoms with E-state index in [1.165, 1.54) is 19.2 Å². The number of aromatic nitrogens is 2. The Morgan fingerprint density at radius 2 is 2.39 bits per heavy atom. The SMILES string of the molecule is CCOc1ncnc(NCCC2CCCO2)c1C. The van der Waals surface area contributed by atoms with Crippen molar-refractivity contribution in [3.05, 3.63) is 11.9 Å². The number of hydrogen-bond acceptors (Lipinski definition) is 5. The van der Waals surface area contributed by atoms with Crippen molar-refractivity contribution < 1.29 is 9.47 Å². The molecule has 100 valence electrons. The summed E-state index contributed by atoms with van der Waals surface area (Å²) in [4.78, 5) is 8.36. The van der Waals surface area contributed by atoms with Crippen molar-refractivity contribution in [2.75, 3.05) is 25.1 Å². The molecule has 1 saturated heterocycles. The van der Waals surface area contributed by atoms with Gasteiger partial charge in [-0.05, 0) is 33.1 Å². The molecule has 1 aliphatic heterocycles. The van der Waals surface area contributed by atoms with Gasteiger partial charge in [0.05, 0.1) is 18.3 Å². The third-order valence-electron chi connectivity index (χ3n) is 3.10. The molecule has 5 heteroatoms. The molecule has 1 fully saturated rings. The van der Waals surface area contributed by atoms with Gasteiger partial charge in [-0.2, -0.15) is 0 Å². The first-order valence-electron chi connectivity index (χ1n) is 6.61. The third kappa shape index (κ3) is 3.32. The smallest absolute Gasteiger partial charge is 0.221 e. The van der Waals surface area contributed by atoms with Gasteiger partial charge >= 0.3 is 0 Å². The standard InChI is InChI=1S/C13H21N3O2/c1-3-17-13-10(2)12(15-9-16-13)14-7-6-11-5-4-8-18-11/h9,11H,3-8H2,1-2H3,(H,14,15,16). The summed E-state index contributed by atoms with van der Waals surface area (Å²) < 4.78 is 11.0. The van der Waals surface area contributed by atoms with Crippen molar-refractivity contribution in [3.63, 3.8) is 0 Å². The highest BCUT2D eigenvalue weighted by molar-refractivity contribution is 5.47. The number of anilines is 1. The first-order chi connectivity index (χ1) is 8.81. The fourth-order valence-electron chi connectivity index (χ4n) is 2.12. The van der Waals surface area contributed by atoms with E-state index in [1.54, 1.807) is 0 Å². The van der Waals surface area contributed by atoms with Gasteiger partial charge in [0, 0.05) is 13.2 Å². The average Bonchev–Trinajstić information content (AvgIpc) is 2.87. The first-order valence-corrected chi connectivity index (χ1v) is 6.61. The van der Waals surface area contributed by atoms with Crippen LogP contribution >= 0.6 is 0 Å². The fourth-order valence-corrected chi connectivity index (χ4v) is 2.12. The second-order valence-corrected chi connectivity index (χ2v) is 4.44. The maximum atomic E-state index is 5.59. The van der Waals surface area contributed by atoms with Crippen LogP contribution in [0.15, 0.2) is 6.33 Å². The highest BCUT2D eigenvalue weighted by Crippen LogP contribution is 2.21. The van der Waals surface area contributed by atoms with Crippen LogP contribution in [-0.2, 0) is 4.74 Å². The normalized spacial score (nSPS) is 18.9. The summed E-state index contributed by atoms with van der Waals surface area (Å²) in [6.45, 7) is 6.32. The summed E-state index contributed by atoms with van der Waals surface area (Å²) in [5.41, 5.74) is 0.965. The van der Waals surface area contributed by atoms with Crippen LogP contribution in [0.3, 0.4) is 0 Å². The zero-order chi connectivity index (χ0) is 12.8. The van der Waals surface area contributed by atoms with Crippen molar-refractivity contribution in [2.24, 2.45) is 0 Å². The van der Waals surface area contributed by atoms with Crippen LogP contribution in [0.4, 0.5) is 5.82 Å². The molecule has 18 heavy (non-hydrogen) atoms. The molecule has 5 nitrogen and oxygen atoms in total. The molecule has 0 aromatic carbocycles. The number of nitrogens with zero attached hydrogens (tertiary/aromatic N) is 2. The van der Waals surface area contributed by atoms with Crippen molar-refractivity contribution in [1.29, 1.82) is 0 Å². The van der Waals surface area contributed by atoms with E-state index in [0.717, 1.165) is 31.0 Å². The molecule has 1 unspecified atom stereocenters. The Balaban J connectivity index is 1.86. The molecule has 0 aliphatic carbocycles. The zero-order valence-electron chi connectivity index (χ0n) is 11.1. The monoisotopic (exact) mass is 251 g/mol. The summed E-state index contributed by atoms with van der Waals surface area (Å²) >= 11 is 0. The summed E-state index contributed by atoms with van der Waals surface area (Å²) in [5, 5.41) is 3.33. The van der Waals surface area contributed by atoms with E-state index in [2.05, 4.69) is 15.3 Å². The van der Waals surface area contributed by atoms with E-state index >= 15 is 0 Å². The second-order valence-electron chi connectivity index (χ2n) is 4.44. The summed E-state index contributed by atoms with van der Waals surface area (Å²) in [5.74, 6) is 1.51. The van der Waals surface area contributed by atoms with Crippen molar-refractivity contribution >= 4 is 5.82 Å². The van der Waals surface area contributed by atoms with Crippen LogP contribution in [0.25, 0.3) is 0 Å². The Kier molecular flexibility index (Phi) is 4.75. The predicted octanol–water partition coefficient (Wildman–Crippen LogP) is 2.16. The summed E-state index contributed by atoms with van der Waals surface area (Å²) in [6.07, 6.45) is 5.33. The van der Waals surface area contributed by atoms with E-state index in [9.17, 15) is 0 Å². The lowest BCUT2D eigenvalue weighted by molar-refractivity contribution is 0.107. The molecule has 1 aromatic heterocycles. The van der Waals surface area contributed by atoms with Crippen molar-refractivity contribution in [1.82, 2.24) is 9.97 Å². The van der Waals surface area contributed by atoms with Gasteiger partial charge in [0.25, 0.3) is 0 Å². The van der Waals surface area contributed by atoms with Crippen LogP contribution in [0.2, 0.25) is 0 Å². The minimum absolute atomic E-state index is 0.408. The van der Waals surface area contributed by atoms with Gasteiger partial charge in [-0.3, -0.25) is 0 Å². The lowest BCUT2D eigenvalue weighted by Gasteiger charge is -2.13. The van der Waals surface area contributed by atoms with Crippen LogP contribution in [0.5, 0.6) is 5.88 Å². The highest BCUT2D eigenvalue weighted by atomic mass is 16.5. The van der Waals surface area contributed by atoms with Gasteiger partial charge in [-0.1, -0.05) is 0 Å². The largest absolute Gasteiger partial charge is 0.478 e. The maximum absolute atomic E-state index is 5.59. The van der Waals surface area contributed by atoms with E-state index in [0.29, 0.717) is 18.6 Å². The Morgan fingerprint density at radius 3 is 3.11 bits per heavy atom. The molecule has 0 amide bonds. The van der Waals surface area contributed by atoms with Gasteiger partial charge in [0.2, 0.25) is 5.88 Å². The minimum atomic E-state index is 0.408. The third-order valence-corrected chi connectivity index (χ3v) is 3.10. The molecule has 2 rings (SSSR count). The molecule has 0 saturated carbocycles. The first kappa shape index (κ1) is 13.1. The summed E-state index contributed by atoms with van der Waals surface area (Å²) in [7, 11) is 0. The molecule has 1 aromatic rings. The summed E-state index contributed by atoms with van der Waals surface area (Å²) in [6, 6.07) is 0. The highest BCUT2D eigenvalue weighted by Gasteiger charge is 2.15. The number of ether oxygens (including phenoxy) is 2. The average molecular weight is 251 g/mol. The minimum Gasteiger partial charge on any atom is -0.478 e. The number of hydrogen-bond donors (Lipinski definition) is 1.